The van der Waals surface area contributed by atoms with Crippen LogP contribution in [0.15, 0.2) is 12.3 Å². The third-order valence-electron chi connectivity index (χ3n) is 3.10. The standard InChI is InChI=1S/C12H18ClN3O3/c1-3-8(4-2)11(17)7-15-12-10(16(18)19)5-9(13)6-14-12/h5-6,8,11,17H,3-4,7H2,1-2H3,(H,14,15). The fourth-order valence-electron chi connectivity index (χ4n) is 1.90. The van der Waals surface area contributed by atoms with Crippen LogP contribution in [0.1, 0.15) is 26.7 Å². The van der Waals surface area contributed by atoms with Crippen LogP contribution in [0.5, 0.6) is 0 Å². The molecule has 0 aliphatic rings. The Bertz CT molecular complexity index is 438. The summed E-state index contributed by atoms with van der Waals surface area (Å²) in [7, 11) is 0. The number of nitro groups is 1. The highest BCUT2D eigenvalue weighted by Gasteiger charge is 2.19. The van der Waals surface area contributed by atoms with Crippen LogP contribution in [0.25, 0.3) is 0 Å². The summed E-state index contributed by atoms with van der Waals surface area (Å²) in [5.74, 6) is 0.290. The summed E-state index contributed by atoms with van der Waals surface area (Å²) in [5, 5.41) is 23.9. The highest BCUT2D eigenvalue weighted by molar-refractivity contribution is 6.30. The van der Waals surface area contributed by atoms with Crippen LogP contribution in [-0.2, 0) is 0 Å². The Kier molecular flexibility index (Phi) is 5.98. The minimum absolute atomic E-state index is 0.124. The molecule has 1 aromatic heterocycles. The number of pyridine rings is 1. The van der Waals surface area contributed by atoms with Crippen molar-refractivity contribution in [1.29, 1.82) is 0 Å². The van der Waals surface area contributed by atoms with Gasteiger partial charge in [-0.15, -0.1) is 0 Å². The molecule has 1 rings (SSSR count). The summed E-state index contributed by atoms with van der Waals surface area (Å²) in [6.07, 6.45) is 2.48. The molecule has 1 heterocycles. The van der Waals surface area contributed by atoms with Gasteiger partial charge in [0, 0.05) is 18.8 Å². The lowest BCUT2D eigenvalue weighted by Gasteiger charge is -2.20. The average molecular weight is 288 g/mol. The molecule has 0 spiro atoms. The molecule has 106 valence electrons. The van der Waals surface area contributed by atoms with E-state index in [1.54, 1.807) is 0 Å². The number of anilines is 1. The quantitative estimate of drug-likeness (QED) is 0.594. The minimum atomic E-state index is -0.563. The Morgan fingerprint density at radius 2 is 2.16 bits per heavy atom. The number of nitrogens with one attached hydrogen (secondary N) is 1. The summed E-state index contributed by atoms with van der Waals surface area (Å²) in [4.78, 5) is 14.2. The van der Waals surface area contributed by atoms with Crippen molar-refractivity contribution in [2.75, 3.05) is 11.9 Å². The first kappa shape index (κ1) is 15.7. The van der Waals surface area contributed by atoms with Crippen LogP contribution in [0.4, 0.5) is 11.5 Å². The Hall–Kier alpha value is -1.40. The molecular weight excluding hydrogens is 270 g/mol. The fourth-order valence-corrected chi connectivity index (χ4v) is 2.06. The van der Waals surface area contributed by atoms with E-state index in [0.29, 0.717) is 0 Å². The molecular formula is C12H18ClN3O3. The van der Waals surface area contributed by atoms with Gasteiger partial charge in [-0.25, -0.2) is 4.98 Å². The van der Waals surface area contributed by atoms with E-state index in [1.807, 2.05) is 13.8 Å². The molecule has 6 nitrogen and oxygen atoms in total. The van der Waals surface area contributed by atoms with Crippen molar-refractivity contribution in [3.05, 3.63) is 27.4 Å². The minimum Gasteiger partial charge on any atom is -0.391 e. The lowest BCUT2D eigenvalue weighted by molar-refractivity contribution is -0.384. The van der Waals surface area contributed by atoms with Gasteiger partial charge in [0.2, 0.25) is 5.82 Å². The molecule has 1 aromatic rings. The number of aliphatic hydroxyl groups is 1. The lowest BCUT2D eigenvalue weighted by atomic mass is 9.96. The second-order valence-electron chi connectivity index (χ2n) is 4.30. The first-order valence-corrected chi connectivity index (χ1v) is 6.59. The summed E-state index contributed by atoms with van der Waals surface area (Å²) in [6, 6.07) is 1.24. The number of rotatable bonds is 7. The fraction of sp³-hybridized carbons (Fsp3) is 0.583. The first-order chi connectivity index (χ1) is 8.99. The van der Waals surface area contributed by atoms with Gasteiger partial charge in [0.05, 0.1) is 16.0 Å². The van der Waals surface area contributed by atoms with E-state index in [4.69, 9.17) is 11.6 Å². The number of nitrogens with zero attached hydrogens (tertiary/aromatic N) is 2. The van der Waals surface area contributed by atoms with Gasteiger partial charge < -0.3 is 10.4 Å². The second-order valence-corrected chi connectivity index (χ2v) is 4.74. The first-order valence-electron chi connectivity index (χ1n) is 6.21. The third-order valence-corrected chi connectivity index (χ3v) is 3.31. The van der Waals surface area contributed by atoms with Crippen LogP contribution < -0.4 is 5.32 Å². The molecule has 0 radical (unpaired) electrons. The molecule has 0 bridgehead atoms. The van der Waals surface area contributed by atoms with E-state index in [9.17, 15) is 15.2 Å². The molecule has 7 heteroatoms. The largest absolute Gasteiger partial charge is 0.391 e. The molecule has 1 unspecified atom stereocenters. The zero-order chi connectivity index (χ0) is 14.4. The molecule has 0 amide bonds. The van der Waals surface area contributed by atoms with Gasteiger partial charge in [0.1, 0.15) is 0 Å². The maximum Gasteiger partial charge on any atom is 0.312 e. The van der Waals surface area contributed by atoms with Crippen molar-refractivity contribution in [3.8, 4) is 0 Å². The summed E-state index contributed by atoms with van der Waals surface area (Å²) in [5.41, 5.74) is -0.191. The van der Waals surface area contributed by atoms with Crippen LogP contribution in [0, 0.1) is 16.0 Å². The van der Waals surface area contributed by atoms with E-state index < -0.39 is 11.0 Å². The van der Waals surface area contributed by atoms with Crippen LogP contribution in [0.2, 0.25) is 5.02 Å². The number of hydrogen-bond acceptors (Lipinski definition) is 5. The molecule has 0 aliphatic carbocycles. The highest BCUT2D eigenvalue weighted by atomic mass is 35.5. The van der Waals surface area contributed by atoms with E-state index >= 15 is 0 Å². The van der Waals surface area contributed by atoms with Gasteiger partial charge in [-0.05, 0) is 5.92 Å². The molecule has 0 aromatic carbocycles. The monoisotopic (exact) mass is 287 g/mol. The second kappa shape index (κ2) is 7.25. The SMILES string of the molecule is CCC(CC)C(O)CNc1ncc(Cl)cc1[N+](=O)[O-]. The molecule has 0 saturated carbocycles. The maximum absolute atomic E-state index is 10.9. The van der Waals surface area contributed by atoms with Crippen molar-refractivity contribution < 1.29 is 10.0 Å². The van der Waals surface area contributed by atoms with Gasteiger partial charge in [0.15, 0.2) is 0 Å². The Balaban J connectivity index is 2.75. The van der Waals surface area contributed by atoms with Gasteiger partial charge in [-0.2, -0.15) is 0 Å². The Labute approximate surface area is 117 Å². The zero-order valence-corrected chi connectivity index (χ0v) is 11.7. The number of aromatic nitrogens is 1. The van der Waals surface area contributed by atoms with E-state index in [2.05, 4.69) is 10.3 Å². The van der Waals surface area contributed by atoms with Crippen molar-refractivity contribution in [1.82, 2.24) is 4.98 Å². The number of halogens is 1. The zero-order valence-electron chi connectivity index (χ0n) is 11.0. The lowest BCUT2D eigenvalue weighted by Crippen LogP contribution is -2.28. The predicted molar refractivity (Wildman–Crippen MR) is 74.5 cm³/mol. The van der Waals surface area contributed by atoms with Gasteiger partial charge >= 0.3 is 5.69 Å². The van der Waals surface area contributed by atoms with Gasteiger partial charge in [-0.1, -0.05) is 38.3 Å². The van der Waals surface area contributed by atoms with Crippen molar-refractivity contribution in [3.63, 3.8) is 0 Å². The average Bonchev–Trinajstić information content (AvgIpc) is 2.38. The summed E-state index contributed by atoms with van der Waals surface area (Å²) < 4.78 is 0. The van der Waals surface area contributed by atoms with Crippen molar-refractivity contribution >= 4 is 23.1 Å². The van der Waals surface area contributed by atoms with Crippen LogP contribution >= 0.6 is 11.6 Å². The summed E-state index contributed by atoms with van der Waals surface area (Å²) >= 11 is 5.67. The predicted octanol–water partition coefficient (Wildman–Crippen LogP) is 2.85. The molecule has 19 heavy (non-hydrogen) atoms. The topological polar surface area (TPSA) is 88.3 Å². The molecule has 2 N–H and O–H groups in total. The maximum atomic E-state index is 10.9. The van der Waals surface area contributed by atoms with Crippen LogP contribution in [-0.4, -0.2) is 27.7 Å². The third kappa shape index (κ3) is 4.33. The van der Waals surface area contributed by atoms with Crippen molar-refractivity contribution in [2.24, 2.45) is 5.92 Å². The normalized spacial score (nSPS) is 12.5. The van der Waals surface area contributed by atoms with E-state index in [0.717, 1.165) is 12.8 Å². The molecule has 0 fully saturated rings. The smallest absolute Gasteiger partial charge is 0.312 e. The van der Waals surface area contributed by atoms with Crippen LogP contribution in [0.3, 0.4) is 0 Å². The highest BCUT2D eigenvalue weighted by Crippen LogP contribution is 2.25. The van der Waals surface area contributed by atoms with E-state index in [-0.39, 0.29) is 29.0 Å². The number of hydrogen-bond donors (Lipinski definition) is 2. The molecule has 1 atom stereocenters. The Morgan fingerprint density at radius 1 is 1.53 bits per heavy atom. The van der Waals surface area contributed by atoms with Crippen molar-refractivity contribution in [2.45, 2.75) is 32.8 Å². The van der Waals surface area contributed by atoms with Gasteiger partial charge in [0.25, 0.3) is 0 Å². The molecule has 0 aliphatic heterocycles. The Morgan fingerprint density at radius 3 is 2.68 bits per heavy atom. The van der Waals surface area contributed by atoms with E-state index in [1.165, 1.54) is 12.3 Å². The summed E-state index contributed by atoms with van der Waals surface area (Å²) in [6.45, 7) is 4.22. The van der Waals surface area contributed by atoms with Gasteiger partial charge in [-0.3, -0.25) is 10.1 Å². The molecule has 0 saturated heterocycles. The number of aliphatic hydroxyl groups excluding tert-OH is 1.